The summed E-state index contributed by atoms with van der Waals surface area (Å²) in [5, 5.41) is 2.14. The van der Waals surface area contributed by atoms with Gasteiger partial charge in [-0.3, -0.25) is 4.79 Å². The van der Waals surface area contributed by atoms with Crippen LogP contribution in [0.15, 0.2) is 66.9 Å². The Hall–Kier alpha value is -3.34. The molecule has 1 aliphatic heterocycles. The van der Waals surface area contributed by atoms with E-state index in [1.165, 1.54) is 0 Å². The maximum atomic E-state index is 12.8. The van der Waals surface area contributed by atoms with E-state index in [4.69, 9.17) is 4.74 Å². The lowest BCUT2D eigenvalue weighted by molar-refractivity contribution is 0.0771. The molecular weight excluding hydrogens is 338 g/mol. The summed E-state index contributed by atoms with van der Waals surface area (Å²) in [5.74, 6) is 0.664. The van der Waals surface area contributed by atoms with Gasteiger partial charge in [0.15, 0.2) is 0 Å². The smallest absolute Gasteiger partial charge is 0.254 e. The number of hydrogen-bond acceptors (Lipinski definition) is 3. The van der Waals surface area contributed by atoms with Gasteiger partial charge in [0.1, 0.15) is 6.10 Å². The molecule has 4 aromatic rings. The zero-order chi connectivity index (χ0) is 18.2. The monoisotopic (exact) mass is 357 g/mol. The van der Waals surface area contributed by atoms with E-state index in [0.717, 1.165) is 28.2 Å². The second-order valence-corrected chi connectivity index (χ2v) is 6.90. The first kappa shape index (κ1) is 15.9. The molecular formula is C22H19N3O2. The number of rotatable bonds is 3. The molecule has 3 heterocycles. The summed E-state index contributed by atoms with van der Waals surface area (Å²) in [6.45, 7) is 1.28. The van der Waals surface area contributed by atoms with Crippen LogP contribution in [-0.4, -0.2) is 40.0 Å². The van der Waals surface area contributed by atoms with Crippen molar-refractivity contribution in [2.45, 2.75) is 12.5 Å². The molecule has 1 N–H and O–H groups in total. The normalized spacial score (nSPS) is 16.9. The second-order valence-electron chi connectivity index (χ2n) is 6.90. The van der Waals surface area contributed by atoms with Crippen LogP contribution in [0.3, 0.4) is 0 Å². The number of fused-ring (bicyclic) bond motifs is 2. The maximum absolute atomic E-state index is 12.8. The number of nitrogens with zero attached hydrogens (tertiary/aromatic N) is 2. The average Bonchev–Trinajstić information content (AvgIpc) is 3.36. The molecule has 1 atom stereocenters. The topological polar surface area (TPSA) is 58.2 Å². The standard InChI is InChI=1S/C22H19N3O2/c26-22(17-5-7-19-16(13-17)9-11-23-19)25-12-10-18(14-25)27-21-8-6-15-3-1-2-4-20(15)24-21/h1-9,11,13,18,23H,10,12,14H2. The molecule has 134 valence electrons. The summed E-state index contributed by atoms with van der Waals surface area (Å²) in [6.07, 6.45) is 2.67. The Morgan fingerprint density at radius 1 is 1.07 bits per heavy atom. The molecule has 0 aliphatic carbocycles. The summed E-state index contributed by atoms with van der Waals surface area (Å²) < 4.78 is 6.05. The van der Waals surface area contributed by atoms with Crippen LogP contribution in [0.1, 0.15) is 16.8 Å². The van der Waals surface area contributed by atoms with Crippen molar-refractivity contribution in [1.29, 1.82) is 0 Å². The number of aromatic nitrogens is 2. The van der Waals surface area contributed by atoms with Gasteiger partial charge >= 0.3 is 0 Å². The molecule has 1 amide bonds. The van der Waals surface area contributed by atoms with E-state index in [2.05, 4.69) is 9.97 Å². The van der Waals surface area contributed by atoms with Gasteiger partial charge in [-0.25, -0.2) is 4.98 Å². The second kappa shape index (κ2) is 6.43. The van der Waals surface area contributed by atoms with E-state index in [1.54, 1.807) is 0 Å². The number of H-pyrrole nitrogens is 1. The predicted molar refractivity (Wildman–Crippen MR) is 105 cm³/mol. The van der Waals surface area contributed by atoms with Gasteiger partial charge in [0, 0.05) is 47.1 Å². The van der Waals surface area contributed by atoms with E-state index in [1.807, 2.05) is 71.8 Å². The van der Waals surface area contributed by atoms with Gasteiger partial charge in [0.2, 0.25) is 5.88 Å². The minimum atomic E-state index is -0.0291. The zero-order valence-electron chi connectivity index (χ0n) is 14.8. The Bertz CT molecular complexity index is 1130. The highest BCUT2D eigenvalue weighted by Crippen LogP contribution is 2.22. The third-order valence-electron chi connectivity index (χ3n) is 5.09. The van der Waals surface area contributed by atoms with Gasteiger partial charge in [0.05, 0.1) is 12.1 Å². The molecule has 1 saturated heterocycles. The van der Waals surface area contributed by atoms with Crippen LogP contribution in [-0.2, 0) is 0 Å². The van der Waals surface area contributed by atoms with E-state index < -0.39 is 0 Å². The quantitative estimate of drug-likeness (QED) is 0.603. The lowest BCUT2D eigenvalue weighted by Gasteiger charge is -2.17. The molecule has 1 aliphatic rings. The largest absolute Gasteiger partial charge is 0.472 e. The number of amides is 1. The fraction of sp³-hybridized carbons (Fsp3) is 0.182. The Kier molecular flexibility index (Phi) is 3.78. The molecule has 0 bridgehead atoms. The zero-order valence-corrected chi connectivity index (χ0v) is 14.8. The molecule has 0 radical (unpaired) electrons. The van der Waals surface area contributed by atoms with Crippen molar-refractivity contribution < 1.29 is 9.53 Å². The average molecular weight is 357 g/mol. The number of hydrogen-bond donors (Lipinski definition) is 1. The van der Waals surface area contributed by atoms with Crippen LogP contribution in [0, 0.1) is 0 Å². The van der Waals surface area contributed by atoms with Gasteiger partial charge in [-0.1, -0.05) is 18.2 Å². The van der Waals surface area contributed by atoms with Crippen LogP contribution in [0.4, 0.5) is 0 Å². The van der Waals surface area contributed by atoms with Crippen molar-refractivity contribution >= 4 is 27.7 Å². The summed E-state index contributed by atoms with van der Waals surface area (Å²) in [5.41, 5.74) is 2.67. The molecule has 5 rings (SSSR count). The Morgan fingerprint density at radius 2 is 2.00 bits per heavy atom. The molecule has 2 aromatic heterocycles. The van der Waals surface area contributed by atoms with Crippen molar-refractivity contribution in [3.8, 4) is 5.88 Å². The molecule has 27 heavy (non-hydrogen) atoms. The molecule has 1 fully saturated rings. The molecule has 1 unspecified atom stereocenters. The lowest BCUT2D eigenvalue weighted by Crippen LogP contribution is -2.31. The predicted octanol–water partition coefficient (Wildman–Crippen LogP) is 4.01. The van der Waals surface area contributed by atoms with Gasteiger partial charge in [0.25, 0.3) is 5.91 Å². The number of benzene rings is 2. The maximum Gasteiger partial charge on any atom is 0.254 e. The minimum Gasteiger partial charge on any atom is -0.472 e. The van der Waals surface area contributed by atoms with Crippen LogP contribution in [0.25, 0.3) is 21.8 Å². The number of likely N-dealkylation sites (tertiary alicyclic amines) is 1. The van der Waals surface area contributed by atoms with Crippen LogP contribution in [0.2, 0.25) is 0 Å². The van der Waals surface area contributed by atoms with Crippen molar-refractivity contribution in [2.75, 3.05) is 13.1 Å². The highest BCUT2D eigenvalue weighted by atomic mass is 16.5. The van der Waals surface area contributed by atoms with Gasteiger partial charge < -0.3 is 14.6 Å². The van der Waals surface area contributed by atoms with Crippen molar-refractivity contribution in [2.24, 2.45) is 0 Å². The lowest BCUT2D eigenvalue weighted by atomic mass is 10.1. The Labute approximate surface area is 156 Å². The fourth-order valence-electron chi connectivity index (χ4n) is 3.66. The third kappa shape index (κ3) is 3.01. The highest BCUT2D eigenvalue weighted by Gasteiger charge is 2.28. The molecule has 5 nitrogen and oxygen atoms in total. The summed E-state index contributed by atoms with van der Waals surface area (Å²) in [6, 6.07) is 19.6. The minimum absolute atomic E-state index is 0.0291. The number of aromatic amines is 1. The summed E-state index contributed by atoms with van der Waals surface area (Å²) in [4.78, 5) is 22.4. The van der Waals surface area contributed by atoms with E-state index in [-0.39, 0.29) is 12.0 Å². The molecule has 5 heteroatoms. The van der Waals surface area contributed by atoms with Crippen LogP contribution < -0.4 is 4.74 Å². The van der Waals surface area contributed by atoms with Gasteiger partial charge in [-0.2, -0.15) is 0 Å². The highest BCUT2D eigenvalue weighted by molar-refractivity contribution is 5.98. The van der Waals surface area contributed by atoms with Gasteiger partial charge in [-0.15, -0.1) is 0 Å². The van der Waals surface area contributed by atoms with Crippen molar-refractivity contribution in [3.63, 3.8) is 0 Å². The number of pyridine rings is 1. The van der Waals surface area contributed by atoms with Crippen molar-refractivity contribution in [3.05, 3.63) is 72.4 Å². The SMILES string of the molecule is O=C(c1ccc2[nH]ccc2c1)N1CCC(Oc2ccc3ccccc3n2)C1. The van der Waals surface area contributed by atoms with Crippen LogP contribution in [0.5, 0.6) is 5.88 Å². The summed E-state index contributed by atoms with van der Waals surface area (Å²) >= 11 is 0. The van der Waals surface area contributed by atoms with E-state index >= 15 is 0 Å². The van der Waals surface area contributed by atoms with E-state index in [9.17, 15) is 4.79 Å². The molecule has 0 saturated carbocycles. The van der Waals surface area contributed by atoms with Crippen molar-refractivity contribution in [1.82, 2.24) is 14.9 Å². The number of nitrogens with one attached hydrogen (secondary N) is 1. The Morgan fingerprint density at radius 3 is 2.96 bits per heavy atom. The van der Waals surface area contributed by atoms with Crippen LogP contribution >= 0.6 is 0 Å². The van der Waals surface area contributed by atoms with Gasteiger partial charge in [-0.05, 0) is 36.4 Å². The first-order valence-electron chi connectivity index (χ1n) is 9.15. The number of para-hydroxylation sites is 1. The first-order valence-corrected chi connectivity index (χ1v) is 9.15. The first-order chi connectivity index (χ1) is 13.3. The van der Waals surface area contributed by atoms with E-state index in [0.29, 0.717) is 24.5 Å². The number of ether oxygens (including phenoxy) is 1. The fourth-order valence-corrected chi connectivity index (χ4v) is 3.66. The molecule has 2 aromatic carbocycles. The molecule has 0 spiro atoms. The number of carbonyl (C=O) groups excluding carboxylic acids is 1. The number of carbonyl (C=O) groups is 1. The summed E-state index contributed by atoms with van der Waals surface area (Å²) in [7, 11) is 0. The third-order valence-corrected chi connectivity index (χ3v) is 5.09. The Balaban J connectivity index is 1.29.